The maximum atomic E-state index is 14.1. The Hall–Kier alpha value is -2.47. The number of aromatic nitrogens is 1. The zero-order chi connectivity index (χ0) is 18.5. The molecule has 0 bridgehead atoms. The van der Waals surface area contributed by atoms with Gasteiger partial charge in [-0.1, -0.05) is 18.6 Å². The zero-order valence-corrected chi connectivity index (χ0v) is 15.3. The highest BCUT2D eigenvalue weighted by Crippen LogP contribution is 2.21. The number of benzene rings is 1. The summed E-state index contributed by atoms with van der Waals surface area (Å²) in [6, 6.07) is 8.61. The van der Waals surface area contributed by atoms with Crippen LogP contribution >= 0.6 is 0 Å². The predicted octanol–water partition coefficient (Wildman–Crippen LogP) is 3.17. The molecular weight excluding hydrogens is 331 g/mol. The van der Waals surface area contributed by atoms with Crippen molar-refractivity contribution < 1.29 is 9.18 Å². The number of hydrogen-bond acceptors (Lipinski definition) is 3. The third-order valence-electron chi connectivity index (χ3n) is 4.77. The maximum absolute atomic E-state index is 14.1. The van der Waals surface area contributed by atoms with Crippen LogP contribution in [0.1, 0.15) is 36.2 Å². The van der Waals surface area contributed by atoms with E-state index in [1.807, 2.05) is 30.5 Å². The Labute approximate surface area is 153 Å². The van der Waals surface area contributed by atoms with Crippen LogP contribution in [0.3, 0.4) is 0 Å². The lowest BCUT2D eigenvalue weighted by molar-refractivity contribution is -0.122. The van der Waals surface area contributed by atoms with Crippen LogP contribution in [0.25, 0.3) is 5.69 Å². The van der Waals surface area contributed by atoms with Gasteiger partial charge in [-0.25, -0.2) is 9.82 Å². The monoisotopic (exact) mass is 356 g/mol. The fourth-order valence-electron chi connectivity index (χ4n) is 3.45. The number of rotatable bonds is 5. The Morgan fingerprint density at radius 1 is 1.23 bits per heavy atom. The summed E-state index contributed by atoms with van der Waals surface area (Å²) in [6.45, 7) is 6.16. The smallest absolute Gasteiger partial charge is 0.254 e. The van der Waals surface area contributed by atoms with Crippen molar-refractivity contribution in [3.63, 3.8) is 0 Å². The molecule has 5 nitrogen and oxygen atoms in total. The van der Waals surface area contributed by atoms with Crippen molar-refractivity contribution in [2.24, 2.45) is 5.10 Å². The number of piperidine rings is 1. The molecule has 0 unspecified atom stereocenters. The highest BCUT2D eigenvalue weighted by molar-refractivity contribution is 5.84. The Kier molecular flexibility index (Phi) is 5.83. The molecule has 1 aliphatic rings. The molecular formula is C20H25FN4O. The summed E-state index contributed by atoms with van der Waals surface area (Å²) in [5, 5.41) is 4.08. The number of carbonyl (C=O) groups is 1. The highest BCUT2D eigenvalue weighted by Gasteiger charge is 2.14. The van der Waals surface area contributed by atoms with Crippen molar-refractivity contribution in [2.75, 3.05) is 19.6 Å². The van der Waals surface area contributed by atoms with Crippen LogP contribution in [-0.4, -0.2) is 41.2 Å². The first-order valence-corrected chi connectivity index (χ1v) is 9.04. The van der Waals surface area contributed by atoms with E-state index in [1.165, 1.54) is 12.5 Å². The van der Waals surface area contributed by atoms with E-state index < -0.39 is 0 Å². The van der Waals surface area contributed by atoms with Gasteiger partial charge in [0.05, 0.1) is 18.4 Å². The fraction of sp³-hybridized carbons (Fsp3) is 0.400. The molecule has 138 valence electrons. The topological polar surface area (TPSA) is 49.6 Å². The fourth-order valence-corrected chi connectivity index (χ4v) is 3.45. The molecule has 1 saturated heterocycles. The number of nitrogens with one attached hydrogen (secondary N) is 1. The van der Waals surface area contributed by atoms with Gasteiger partial charge in [0.1, 0.15) is 5.82 Å². The quantitative estimate of drug-likeness (QED) is 0.661. The molecule has 1 aliphatic heterocycles. The molecule has 2 aromatic rings. The second-order valence-electron chi connectivity index (χ2n) is 6.74. The van der Waals surface area contributed by atoms with Gasteiger partial charge in [-0.15, -0.1) is 0 Å². The summed E-state index contributed by atoms with van der Waals surface area (Å²) in [5.74, 6) is -0.376. The lowest BCUT2D eigenvalue weighted by Crippen LogP contribution is -2.38. The molecule has 1 aromatic heterocycles. The van der Waals surface area contributed by atoms with Gasteiger partial charge in [-0.05, 0) is 58.0 Å². The van der Waals surface area contributed by atoms with Gasteiger partial charge in [0.15, 0.2) is 0 Å². The summed E-state index contributed by atoms with van der Waals surface area (Å²) in [5.41, 5.74) is 5.74. The summed E-state index contributed by atoms with van der Waals surface area (Å²) in [6.07, 6.45) is 5.17. The van der Waals surface area contributed by atoms with Gasteiger partial charge < -0.3 is 4.57 Å². The number of amides is 1. The van der Waals surface area contributed by atoms with E-state index in [9.17, 15) is 9.18 Å². The standard InChI is InChI=1S/C20H25FN4O/c1-15-12-17(16(2)25(15)19-9-5-4-8-18(19)21)13-22-23-20(26)14-24-10-6-3-7-11-24/h4-5,8-9,12-13H,3,6-7,10-11,14H2,1-2H3,(H,23,26)/b22-13-. The van der Waals surface area contributed by atoms with E-state index in [0.29, 0.717) is 12.2 Å². The van der Waals surface area contributed by atoms with Crippen molar-refractivity contribution in [3.8, 4) is 5.69 Å². The first kappa shape index (κ1) is 18.3. The normalized spacial score (nSPS) is 15.5. The number of para-hydroxylation sites is 1. The SMILES string of the molecule is Cc1cc(/C=N\NC(=O)CN2CCCCC2)c(C)n1-c1ccccc1F. The summed E-state index contributed by atoms with van der Waals surface area (Å²) in [7, 11) is 0. The van der Waals surface area contributed by atoms with Crippen molar-refractivity contribution in [1.82, 2.24) is 14.9 Å². The Bertz CT molecular complexity index is 806. The number of nitrogens with zero attached hydrogens (tertiary/aromatic N) is 3. The van der Waals surface area contributed by atoms with Gasteiger partial charge in [0.2, 0.25) is 0 Å². The van der Waals surface area contributed by atoms with Gasteiger partial charge in [0.25, 0.3) is 5.91 Å². The number of halogens is 1. The van der Waals surface area contributed by atoms with Gasteiger partial charge in [0, 0.05) is 17.0 Å². The number of carbonyl (C=O) groups excluding carboxylic acids is 1. The molecule has 0 spiro atoms. The van der Waals surface area contributed by atoms with Crippen LogP contribution < -0.4 is 5.43 Å². The van der Waals surface area contributed by atoms with Crippen LogP contribution in [0.5, 0.6) is 0 Å². The molecule has 26 heavy (non-hydrogen) atoms. The van der Waals surface area contributed by atoms with Crippen LogP contribution in [0.2, 0.25) is 0 Å². The molecule has 6 heteroatoms. The predicted molar refractivity (Wildman–Crippen MR) is 101 cm³/mol. The minimum Gasteiger partial charge on any atom is -0.315 e. The summed E-state index contributed by atoms with van der Waals surface area (Å²) < 4.78 is 16.0. The van der Waals surface area contributed by atoms with Crippen molar-refractivity contribution in [3.05, 3.63) is 53.1 Å². The molecule has 0 radical (unpaired) electrons. The highest BCUT2D eigenvalue weighted by atomic mass is 19.1. The average molecular weight is 356 g/mol. The molecule has 1 aromatic carbocycles. The molecule has 1 fully saturated rings. The summed E-state index contributed by atoms with van der Waals surface area (Å²) in [4.78, 5) is 14.2. The molecule has 0 saturated carbocycles. The van der Waals surface area contributed by atoms with Gasteiger partial charge >= 0.3 is 0 Å². The van der Waals surface area contributed by atoms with Crippen LogP contribution in [-0.2, 0) is 4.79 Å². The van der Waals surface area contributed by atoms with Crippen molar-refractivity contribution in [1.29, 1.82) is 0 Å². The number of aryl methyl sites for hydroxylation is 1. The first-order valence-electron chi connectivity index (χ1n) is 9.04. The minimum atomic E-state index is -0.271. The summed E-state index contributed by atoms with van der Waals surface area (Å²) >= 11 is 0. The average Bonchev–Trinajstić information content (AvgIpc) is 2.90. The van der Waals surface area contributed by atoms with Gasteiger partial charge in [-0.2, -0.15) is 5.10 Å². The molecule has 1 amide bonds. The zero-order valence-electron chi connectivity index (χ0n) is 15.3. The first-order chi connectivity index (χ1) is 12.6. The largest absolute Gasteiger partial charge is 0.315 e. The lowest BCUT2D eigenvalue weighted by atomic mass is 10.1. The third kappa shape index (κ3) is 4.19. The van der Waals surface area contributed by atoms with E-state index in [4.69, 9.17) is 0 Å². The Balaban J connectivity index is 1.67. The van der Waals surface area contributed by atoms with Crippen LogP contribution in [0.15, 0.2) is 35.4 Å². The lowest BCUT2D eigenvalue weighted by Gasteiger charge is -2.25. The number of hydrogen-bond donors (Lipinski definition) is 1. The second kappa shape index (κ2) is 8.27. The van der Waals surface area contributed by atoms with Crippen molar-refractivity contribution >= 4 is 12.1 Å². The van der Waals surface area contributed by atoms with Crippen LogP contribution in [0, 0.1) is 19.7 Å². The van der Waals surface area contributed by atoms with E-state index >= 15 is 0 Å². The Morgan fingerprint density at radius 2 is 1.96 bits per heavy atom. The van der Waals surface area contributed by atoms with E-state index in [1.54, 1.807) is 18.3 Å². The molecule has 2 heterocycles. The minimum absolute atomic E-state index is 0.105. The third-order valence-corrected chi connectivity index (χ3v) is 4.77. The van der Waals surface area contributed by atoms with Crippen molar-refractivity contribution in [2.45, 2.75) is 33.1 Å². The molecule has 3 rings (SSSR count). The van der Waals surface area contributed by atoms with E-state index in [0.717, 1.165) is 42.9 Å². The molecule has 1 N–H and O–H groups in total. The number of likely N-dealkylation sites (tertiary alicyclic amines) is 1. The van der Waals surface area contributed by atoms with Crippen LogP contribution in [0.4, 0.5) is 4.39 Å². The van der Waals surface area contributed by atoms with E-state index in [-0.39, 0.29) is 11.7 Å². The molecule has 0 aliphatic carbocycles. The Morgan fingerprint density at radius 3 is 2.69 bits per heavy atom. The maximum Gasteiger partial charge on any atom is 0.254 e. The second-order valence-corrected chi connectivity index (χ2v) is 6.74. The van der Waals surface area contributed by atoms with E-state index in [2.05, 4.69) is 15.4 Å². The van der Waals surface area contributed by atoms with Gasteiger partial charge in [-0.3, -0.25) is 9.69 Å². The molecule has 0 atom stereocenters. The number of hydrazone groups is 1.